The zero-order chi connectivity index (χ0) is 10.7. The Bertz CT molecular complexity index is 448. The Morgan fingerprint density at radius 3 is 2.40 bits per heavy atom. The van der Waals surface area contributed by atoms with Gasteiger partial charge in [-0.1, -0.05) is 31.2 Å². The molecule has 1 nitrogen and oxygen atoms in total. The van der Waals surface area contributed by atoms with Gasteiger partial charge in [0.05, 0.1) is 0 Å². The number of halogens is 1. The van der Waals surface area contributed by atoms with Gasteiger partial charge in [0.15, 0.2) is 0 Å². The Morgan fingerprint density at radius 2 is 1.80 bits per heavy atom. The smallest absolute Gasteiger partial charge is 0.106 e. The minimum absolute atomic E-state index is 0.875. The van der Waals surface area contributed by atoms with E-state index in [1.807, 2.05) is 18.3 Å². The predicted molar refractivity (Wildman–Crippen MR) is 66.8 cm³/mol. The van der Waals surface area contributed by atoms with E-state index in [4.69, 9.17) is 0 Å². The van der Waals surface area contributed by atoms with E-state index in [9.17, 15) is 0 Å². The summed E-state index contributed by atoms with van der Waals surface area (Å²) in [6.45, 7) is 2.16. The van der Waals surface area contributed by atoms with Crippen LogP contribution in [0.2, 0.25) is 0 Å². The summed E-state index contributed by atoms with van der Waals surface area (Å²) < 4.78 is 0.875. The number of rotatable bonds is 2. The molecule has 0 aliphatic rings. The van der Waals surface area contributed by atoms with Crippen molar-refractivity contribution in [3.63, 3.8) is 0 Å². The van der Waals surface area contributed by atoms with E-state index in [1.54, 1.807) is 0 Å². The SMILES string of the molecule is CCc1ccc(-c2ccnc(Br)c2)cc1. The van der Waals surface area contributed by atoms with Gasteiger partial charge in [-0.2, -0.15) is 0 Å². The van der Waals surface area contributed by atoms with Crippen molar-refractivity contribution in [1.82, 2.24) is 4.98 Å². The van der Waals surface area contributed by atoms with Crippen LogP contribution in [0.15, 0.2) is 47.2 Å². The molecule has 0 N–H and O–H groups in total. The zero-order valence-electron chi connectivity index (χ0n) is 8.57. The summed E-state index contributed by atoms with van der Waals surface area (Å²) in [6.07, 6.45) is 2.90. The summed E-state index contributed by atoms with van der Waals surface area (Å²) in [5.41, 5.74) is 3.79. The topological polar surface area (TPSA) is 12.9 Å². The lowest BCUT2D eigenvalue weighted by Gasteiger charge is -2.03. The van der Waals surface area contributed by atoms with E-state index in [-0.39, 0.29) is 0 Å². The van der Waals surface area contributed by atoms with Crippen LogP contribution < -0.4 is 0 Å². The number of nitrogens with zero attached hydrogens (tertiary/aromatic N) is 1. The van der Waals surface area contributed by atoms with E-state index in [0.29, 0.717) is 0 Å². The number of pyridine rings is 1. The molecule has 0 atom stereocenters. The predicted octanol–water partition coefficient (Wildman–Crippen LogP) is 4.07. The molecule has 2 heteroatoms. The second kappa shape index (κ2) is 4.58. The summed E-state index contributed by atoms with van der Waals surface area (Å²) in [7, 11) is 0. The lowest BCUT2D eigenvalue weighted by Crippen LogP contribution is -1.82. The van der Waals surface area contributed by atoms with Gasteiger partial charge in [-0.15, -0.1) is 0 Å². The molecular weight excluding hydrogens is 250 g/mol. The first-order valence-corrected chi connectivity index (χ1v) is 5.80. The highest BCUT2D eigenvalue weighted by Crippen LogP contribution is 2.21. The van der Waals surface area contributed by atoms with Crippen molar-refractivity contribution in [3.8, 4) is 11.1 Å². The Morgan fingerprint density at radius 1 is 1.07 bits per heavy atom. The molecule has 0 saturated heterocycles. The van der Waals surface area contributed by atoms with E-state index in [0.717, 1.165) is 11.0 Å². The third-order valence-electron chi connectivity index (χ3n) is 2.42. The standard InChI is InChI=1S/C13H12BrN/c1-2-10-3-5-11(6-4-10)12-7-8-15-13(14)9-12/h3-9H,2H2,1H3. The number of benzene rings is 1. The molecule has 1 aromatic carbocycles. The zero-order valence-corrected chi connectivity index (χ0v) is 10.2. The highest BCUT2D eigenvalue weighted by molar-refractivity contribution is 9.10. The number of hydrogen-bond donors (Lipinski definition) is 0. The maximum atomic E-state index is 4.12. The van der Waals surface area contributed by atoms with E-state index in [2.05, 4.69) is 52.1 Å². The molecule has 0 unspecified atom stereocenters. The van der Waals surface area contributed by atoms with E-state index in [1.165, 1.54) is 16.7 Å². The number of hydrogen-bond acceptors (Lipinski definition) is 1. The van der Waals surface area contributed by atoms with Crippen LogP contribution in [0.25, 0.3) is 11.1 Å². The van der Waals surface area contributed by atoms with Gasteiger partial charge < -0.3 is 0 Å². The third-order valence-corrected chi connectivity index (χ3v) is 2.86. The van der Waals surface area contributed by atoms with Gasteiger partial charge in [-0.05, 0) is 51.2 Å². The molecule has 0 saturated carbocycles. The molecule has 76 valence electrons. The first-order chi connectivity index (χ1) is 7.29. The van der Waals surface area contributed by atoms with Gasteiger partial charge in [0.25, 0.3) is 0 Å². The molecule has 0 fully saturated rings. The molecule has 15 heavy (non-hydrogen) atoms. The van der Waals surface area contributed by atoms with Crippen molar-refractivity contribution in [2.24, 2.45) is 0 Å². The summed E-state index contributed by atoms with van der Waals surface area (Å²) in [6, 6.07) is 12.7. The van der Waals surface area contributed by atoms with Crippen molar-refractivity contribution >= 4 is 15.9 Å². The van der Waals surface area contributed by atoms with Crippen molar-refractivity contribution in [3.05, 3.63) is 52.8 Å². The summed E-state index contributed by atoms with van der Waals surface area (Å²) in [4.78, 5) is 4.12. The molecule has 0 amide bonds. The molecule has 0 aliphatic heterocycles. The molecule has 0 radical (unpaired) electrons. The van der Waals surface area contributed by atoms with E-state index >= 15 is 0 Å². The van der Waals surface area contributed by atoms with Gasteiger partial charge >= 0.3 is 0 Å². The lowest BCUT2D eigenvalue weighted by molar-refractivity contribution is 1.14. The molecule has 1 aromatic heterocycles. The van der Waals surface area contributed by atoms with Crippen molar-refractivity contribution in [1.29, 1.82) is 0 Å². The molecule has 2 rings (SSSR count). The highest BCUT2D eigenvalue weighted by atomic mass is 79.9. The van der Waals surface area contributed by atoms with Crippen molar-refractivity contribution < 1.29 is 0 Å². The van der Waals surface area contributed by atoms with Crippen LogP contribution in [0.4, 0.5) is 0 Å². The third kappa shape index (κ3) is 2.45. The first-order valence-electron chi connectivity index (χ1n) is 5.00. The second-order valence-electron chi connectivity index (χ2n) is 3.42. The van der Waals surface area contributed by atoms with Gasteiger partial charge in [0.2, 0.25) is 0 Å². The average molecular weight is 262 g/mol. The maximum Gasteiger partial charge on any atom is 0.106 e. The molecule has 1 heterocycles. The van der Waals surface area contributed by atoms with Gasteiger partial charge in [-0.25, -0.2) is 4.98 Å². The van der Waals surface area contributed by atoms with Crippen LogP contribution in [0.1, 0.15) is 12.5 Å². The van der Waals surface area contributed by atoms with E-state index < -0.39 is 0 Å². The Hall–Kier alpha value is -1.15. The monoisotopic (exact) mass is 261 g/mol. The Kier molecular flexibility index (Phi) is 3.17. The van der Waals surface area contributed by atoms with Crippen LogP contribution in [-0.4, -0.2) is 4.98 Å². The number of aryl methyl sites for hydroxylation is 1. The fourth-order valence-corrected chi connectivity index (χ4v) is 1.88. The number of aromatic nitrogens is 1. The van der Waals surface area contributed by atoms with Crippen LogP contribution in [0.5, 0.6) is 0 Å². The van der Waals surface area contributed by atoms with Crippen LogP contribution >= 0.6 is 15.9 Å². The summed E-state index contributed by atoms with van der Waals surface area (Å²) in [5, 5.41) is 0. The van der Waals surface area contributed by atoms with Gasteiger partial charge in [0, 0.05) is 6.20 Å². The molecular formula is C13H12BrN. The van der Waals surface area contributed by atoms with Crippen LogP contribution in [-0.2, 0) is 6.42 Å². The molecule has 0 aliphatic carbocycles. The van der Waals surface area contributed by atoms with Gasteiger partial charge in [-0.3, -0.25) is 0 Å². The fourth-order valence-electron chi connectivity index (χ4n) is 1.51. The minimum atomic E-state index is 0.875. The van der Waals surface area contributed by atoms with Crippen molar-refractivity contribution in [2.75, 3.05) is 0 Å². The van der Waals surface area contributed by atoms with Gasteiger partial charge in [0.1, 0.15) is 4.60 Å². The lowest BCUT2D eigenvalue weighted by atomic mass is 10.0. The first kappa shape index (κ1) is 10.4. The normalized spacial score (nSPS) is 10.3. The summed E-state index contributed by atoms with van der Waals surface area (Å²) >= 11 is 3.38. The maximum absolute atomic E-state index is 4.12. The Labute approximate surface area is 98.3 Å². The van der Waals surface area contributed by atoms with Crippen LogP contribution in [0, 0.1) is 0 Å². The molecule has 0 spiro atoms. The Balaban J connectivity index is 2.37. The average Bonchev–Trinajstić information content (AvgIpc) is 2.29. The highest BCUT2D eigenvalue weighted by Gasteiger charge is 1.98. The molecule has 0 bridgehead atoms. The minimum Gasteiger partial charge on any atom is -0.249 e. The van der Waals surface area contributed by atoms with Crippen LogP contribution in [0.3, 0.4) is 0 Å². The quantitative estimate of drug-likeness (QED) is 0.743. The fraction of sp³-hybridized carbons (Fsp3) is 0.154. The summed E-state index contributed by atoms with van der Waals surface area (Å²) in [5.74, 6) is 0. The second-order valence-corrected chi connectivity index (χ2v) is 4.23. The molecule has 2 aromatic rings. The largest absolute Gasteiger partial charge is 0.249 e. The van der Waals surface area contributed by atoms with Crippen molar-refractivity contribution in [2.45, 2.75) is 13.3 Å².